The molecule has 1 saturated heterocycles. The van der Waals surface area contributed by atoms with Crippen LogP contribution < -0.4 is 5.32 Å². The Bertz CT molecular complexity index is 380. The number of rotatable bonds is 4. The largest absolute Gasteiger partial charge is 0.481 e. The van der Waals surface area contributed by atoms with Gasteiger partial charge >= 0.3 is 5.97 Å². The molecule has 4 heteroatoms. The zero-order valence-corrected chi connectivity index (χ0v) is 9.97. The fraction of sp³-hybridized carbons (Fsp3) is 0.462. The molecule has 0 unspecified atom stereocenters. The SMILES string of the molecule is CN[C@@H]1C[C@@H](C(=O)O)CN1Cc1ccccc1. The first-order chi connectivity index (χ1) is 8.20. The number of carboxylic acid groups (broad SMARTS) is 1. The van der Waals surface area contributed by atoms with E-state index in [1.807, 2.05) is 25.2 Å². The quantitative estimate of drug-likeness (QED) is 0.820. The van der Waals surface area contributed by atoms with E-state index in [9.17, 15) is 4.79 Å². The minimum absolute atomic E-state index is 0.163. The number of carboxylic acids is 1. The van der Waals surface area contributed by atoms with Gasteiger partial charge in [-0.3, -0.25) is 9.69 Å². The summed E-state index contributed by atoms with van der Waals surface area (Å²) in [4.78, 5) is 13.2. The van der Waals surface area contributed by atoms with Crippen LogP contribution in [0.25, 0.3) is 0 Å². The van der Waals surface area contributed by atoms with E-state index < -0.39 is 5.97 Å². The maximum Gasteiger partial charge on any atom is 0.307 e. The zero-order chi connectivity index (χ0) is 12.3. The fourth-order valence-corrected chi connectivity index (χ4v) is 2.38. The minimum atomic E-state index is -0.694. The molecule has 0 saturated carbocycles. The van der Waals surface area contributed by atoms with Crippen LogP contribution in [-0.4, -0.2) is 35.7 Å². The van der Waals surface area contributed by atoms with Gasteiger partial charge in [0.05, 0.1) is 12.1 Å². The molecule has 1 aliphatic heterocycles. The normalized spacial score (nSPS) is 25.0. The highest BCUT2D eigenvalue weighted by Gasteiger charge is 2.34. The van der Waals surface area contributed by atoms with Crippen molar-refractivity contribution in [3.8, 4) is 0 Å². The third-order valence-electron chi connectivity index (χ3n) is 3.31. The molecule has 0 spiro atoms. The Labute approximate surface area is 101 Å². The summed E-state index contributed by atoms with van der Waals surface area (Å²) in [5, 5.41) is 12.2. The molecule has 0 radical (unpaired) electrons. The van der Waals surface area contributed by atoms with Gasteiger partial charge in [-0.2, -0.15) is 0 Å². The topological polar surface area (TPSA) is 52.6 Å². The highest BCUT2D eigenvalue weighted by atomic mass is 16.4. The van der Waals surface area contributed by atoms with Crippen molar-refractivity contribution in [3.63, 3.8) is 0 Å². The lowest BCUT2D eigenvalue weighted by molar-refractivity contribution is -0.141. The maximum atomic E-state index is 11.0. The number of likely N-dealkylation sites (tertiary alicyclic amines) is 1. The molecule has 2 rings (SSSR count). The molecule has 1 heterocycles. The number of hydrogen-bond donors (Lipinski definition) is 2. The van der Waals surface area contributed by atoms with E-state index in [0.717, 1.165) is 6.54 Å². The maximum absolute atomic E-state index is 11.0. The molecule has 2 N–H and O–H groups in total. The van der Waals surface area contributed by atoms with E-state index in [2.05, 4.69) is 22.3 Å². The van der Waals surface area contributed by atoms with Crippen molar-refractivity contribution in [2.45, 2.75) is 19.1 Å². The Morgan fingerprint density at radius 3 is 2.76 bits per heavy atom. The Morgan fingerprint density at radius 2 is 2.18 bits per heavy atom. The number of benzene rings is 1. The van der Waals surface area contributed by atoms with Gasteiger partial charge in [-0.25, -0.2) is 0 Å². The Hall–Kier alpha value is -1.39. The molecule has 0 amide bonds. The molecule has 1 aliphatic rings. The van der Waals surface area contributed by atoms with Crippen LogP contribution in [0.4, 0.5) is 0 Å². The fourth-order valence-electron chi connectivity index (χ4n) is 2.38. The Balaban J connectivity index is 2.02. The Kier molecular flexibility index (Phi) is 3.76. The van der Waals surface area contributed by atoms with Crippen LogP contribution in [0.3, 0.4) is 0 Å². The van der Waals surface area contributed by atoms with Crippen LogP contribution in [0.15, 0.2) is 30.3 Å². The van der Waals surface area contributed by atoms with Crippen molar-refractivity contribution in [2.75, 3.05) is 13.6 Å². The zero-order valence-electron chi connectivity index (χ0n) is 9.97. The van der Waals surface area contributed by atoms with Crippen LogP contribution in [-0.2, 0) is 11.3 Å². The number of hydrogen-bond acceptors (Lipinski definition) is 3. The van der Waals surface area contributed by atoms with E-state index in [0.29, 0.717) is 13.0 Å². The van der Waals surface area contributed by atoms with Crippen molar-refractivity contribution >= 4 is 5.97 Å². The van der Waals surface area contributed by atoms with E-state index in [1.54, 1.807) is 0 Å². The summed E-state index contributed by atoms with van der Waals surface area (Å²) in [6, 6.07) is 10.1. The second-order valence-electron chi connectivity index (χ2n) is 4.49. The summed E-state index contributed by atoms with van der Waals surface area (Å²) in [5.41, 5.74) is 1.22. The molecular formula is C13H18N2O2. The number of nitrogens with zero attached hydrogens (tertiary/aromatic N) is 1. The number of carbonyl (C=O) groups is 1. The first-order valence-corrected chi connectivity index (χ1v) is 5.88. The smallest absolute Gasteiger partial charge is 0.307 e. The molecule has 0 bridgehead atoms. The van der Waals surface area contributed by atoms with Crippen molar-refractivity contribution in [3.05, 3.63) is 35.9 Å². The van der Waals surface area contributed by atoms with Gasteiger partial charge in [-0.15, -0.1) is 0 Å². The predicted octanol–water partition coefficient (Wildman–Crippen LogP) is 1.14. The van der Waals surface area contributed by atoms with Gasteiger partial charge in [0.2, 0.25) is 0 Å². The molecule has 1 aromatic rings. The predicted molar refractivity (Wildman–Crippen MR) is 65.4 cm³/mol. The van der Waals surface area contributed by atoms with Gasteiger partial charge in [0.1, 0.15) is 0 Å². The van der Waals surface area contributed by atoms with Gasteiger partial charge in [-0.1, -0.05) is 30.3 Å². The van der Waals surface area contributed by atoms with Crippen LogP contribution in [0.5, 0.6) is 0 Å². The van der Waals surface area contributed by atoms with Crippen molar-refractivity contribution < 1.29 is 9.90 Å². The third-order valence-corrected chi connectivity index (χ3v) is 3.31. The Morgan fingerprint density at radius 1 is 1.47 bits per heavy atom. The molecule has 1 aromatic carbocycles. The molecule has 17 heavy (non-hydrogen) atoms. The lowest BCUT2D eigenvalue weighted by Gasteiger charge is -2.23. The molecule has 1 fully saturated rings. The lowest BCUT2D eigenvalue weighted by Crippen LogP contribution is -2.38. The van der Waals surface area contributed by atoms with E-state index >= 15 is 0 Å². The summed E-state index contributed by atoms with van der Waals surface area (Å²) in [7, 11) is 1.88. The second-order valence-corrected chi connectivity index (χ2v) is 4.49. The van der Waals surface area contributed by atoms with Gasteiger partial charge < -0.3 is 10.4 Å². The van der Waals surface area contributed by atoms with Crippen LogP contribution in [0.2, 0.25) is 0 Å². The van der Waals surface area contributed by atoms with Gasteiger partial charge in [0.25, 0.3) is 0 Å². The van der Waals surface area contributed by atoms with Crippen molar-refractivity contribution in [1.82, 2.24) is 10.2 Å². The standard InChI is InChI=1S/C13H18N2O2/c1-14-12-7-11(13(16)17)9-15(12)8-10-5-3-2-4-6-10/h2-6,11-12,14H,7-9H2,1H3,(H,16,17)/t11-,12+/m1/s1. The van der Waals surface area contributed by atoms with Gasteiger partial charge in [-0.05, 0) is 19.0 Å². The van der Waals surface area contributed by atoms with Gasteiger partial charge in [0.15, 0.2) is 0 Å². The van der Waals surface area contributed by atoms with E-state index in [-0.39, 0.29) is 12.1 Å². The lowest BCUT2D eigenvalue weighted by atomic mass is 10.1. The minimum Gasteiger partial charge on any atom is -0.481 e. The third kappa shape index (κ3) is 2.84. The van der Waals surface area contributed by atoms with Crippen LogP contribution in [0, 0.1) is 5.92 Å². The van der Waals surface area contributed by atoms with E-state index in [1.165, 1.54) is 5.56 Å². The monoisotopic (exact) mass is 234 g/mol. The average Bonchev–Trinajstić information content (AvgIpc) is 2.74. The summed E-state index contributed by atoms with van der Waals surface area (Å²) >= 11 is 0. The summed E-state index contributed by atoms with van der Waals surface area (Å²) in [6.45, 7) is 1.42. The first kappa shape index (κ1) is 12.1. The molecule has 0 aliphatic carbocycles. The molecule has 0 aromatic heterocycles. The van der Waals surface area contributed by atoms with Crippen LogP contribution in [0.1, 0.15) is 12.0 Å². The summed E-state index contributed by atoms with van der Waals surface area (Å²) in [6.07, 6.45) is 0.842. The first-order valence-electron chi connectivity index (χ1n) is 5.88. The van der Waals surface area contributed by atoms with Crippen molar-refractivity contribution in [1.29, 1.82) is 0 Å². The van der Waals surface area contributed by atoms with Crippen LogP contribution >= 0.6 is 0 Å². The second kappa shape index (κ2) is 5.29. The summed E-state index contributed by atoms with van der Waals surface area (Å²) in [5.74, 6) is -0.947. The molecule has 2 atom stereocenters. The summed E-state index contributed by atoms with van der Waals surface area (Å²) < 4.78 is 0. The highest BCUT2D eigenvalue weighted by Crippen LogP contribution is 2.23. The molecular weight excluding hydrogens is 216 g/mol. The highest BCUT2D eigenvalue weighted by molar-refractivity contribution is 5.70. The van der Waals surface area contributed by atoms with E-state index in [4.69, 9.17) is 5.11 Å². The average molecular weight is 234 g/mol. The van der Waals surface area contributed by atoms with Gasteiger partial charge in [0, 0.05) is 13.1 Å². The molecule has 92 valence electrons. The molecule has 4 nitrogen and oxygen atoms in total. The number of nitrogens with one attached hydrogen (secondary N) is 1. The number of aliphatic carboxylic acids is 1. The van der Waals surface area contributed by atoms with Crippen molar-refractivity contribution in [2.24, 2.45) is 5.92 Å².